The van der Waals surface area contributed by atoms with Gasteiger partial charge in [-0.3, -0.25) is 29.1 Å². The number of carbonyl (C=O) groups excluding carboxylic acids is 3. The molecule has 3 aromatic carbocycles. The number of anilines is 2. The van der Waals surface area contributed by atoms with Gasteiger partial charge < -0.3 is 64.4 Å². The van der Waals surface area contributed by atoms with E-state index in [9.17, 15) is 54.6 Å². The van der Waals surface area contributed by atoms with Gasteiger partial charge in [-0.1, -0.05) is 57.5 Å². The third-order valence-corrected chi connectivity index (χ3v) is 19.8. The van der Waals surface area contributed by atoms with Crippen LogP contribution in [0.25, 0.3) is 21.7 Å². The minimum Gasteiger partial charge on any atom is -0.507 e. The molecule has 2 saturated carbocycles. The van der Waals surface area contributed by atoms with E-state index in [1.165, 1.54) is 65.6 Å². The highest BCUT2D eigenvalue weighted by Gasteiger charge is 2.56. The lowest BCUT2D eigenvalue weighted by atomic mass is 9.78. The number of aliphatic hydroxyl groups is 2. The van der Waals surface area contributed by atoms with Crippen LogP contribution in [0.5, 0.6) is 23.0 Å². The maximum atomic E-state index is 16.2. The van der Waals surface area contributed by atoms with Gasteiger partial charge in [0.2, 0.25) is 5.43 Å². The fourth-order valence-electron chi connectivity index (χ4n) is 13.8. The number of ketones is 1. The summed E-state index contributed by atoms with van der Waals surface area (Å²) in [5.41, 5.74) is -1.42. The average Bonchev–Trinajstić information content (AvgIpc) is 1.69. The third-order valence-electron chi connectivity index (χ3n) is 19.5. The van der Waals surface area contributed by atoms with Gasteiger partial charge in [0.05, 0.1) is 74.6 Å². The molecular formula is C64H78ClFN6O15. The molecule has 0 spiro atoms. The van der Waals surface area contributed by atoms with Crippen LogP contribution >= 0.6 is 11.6 Å². The third kappa shape index (κ3) is 11.3. The summed E-state index contributed by atoms with van der Waals surface area (Å²) in [7, 11) is 3.55. The molecule has 5 aliphatic heterocycles. The molecular weight excluding hydrogens is 1150 g/mol. The van der Waals surface area contributed by atoms with Crippen molar-refractivity contribution in [3.63, 3.8) is 0 Å². The lowest BCUT2D eigenvalue weighted by molar-refractivity contribution is -0.160. The van der Waals surface area contributed by atoms with Crippen LogP contribution in [0.2, 0.25) is 5.02 Å². The Morgan fingerprint density at radius 2 is 1.62 bits per heavy atom. The molecule has 1 amide bonds. The van der Waals surface area contributed by atoms with Crippen LogP contribution in [-0.4, -0.2) is 157 Å². The summed E-state index contributed by atoms with van der Waals surface area (Å²) >= 11 is 7.06. The molecule has 21 nitrogen and oxygen atoms in total. The van der Waals surface area contributed by atoms with Crippen LogP contribution in [-0.2, 0) is 23.8 Å². The molecule has 468 valence electrons. The predicted molar refractivity (Wildman–Crippen MR) is 324 cm³/mol. The number of phenolic OH excluding ortho intramolecular Hbond substituents is 3. The Balaban J connectivity index is 0.932. The molecule has 4 aromatic rings. The minimum atomic E-state index is -2.12. The quantitative estimate of drug-likeness (QED) is 0.0338. The summed E-state index contributed by atoms with van der Waals surface area (Å²) < 4.78 is 41.9. The van der Waals surface area contributed by atoms with Crippen LogP contribution in [0.4, 0.5) is 15.8 Å². The second-order valence-corrected chi connectivity index (χ2v) is 25.3. The number of Topliss-reactive ketones (excluding diaryl/α,β-unsaturated/α-hetero) is 1. The van der Waals surface area contributed by atoms with E-state index >= 15 is 4.39 Å². The number of hydrogen-bond donors (Lipinski definition) is 7. The molecule has 0 radical (unpaired) electrons. The van der Waals surface area contributed by atoms with Gasteiger partial charge in [0.1, 0.15) is 34.7 Å². The first kappa shape index (κ1) is 62.8. The lowest BCUT2D eigenvalue weighted by Gasteiger charge is -2.42. The minimum absolute atomic E-state index is 0.0162. The molecule has 1 aromatic heterocycles. The first-order valence-corrected chi connectivity index (χ1v) is 30.2. The number of hydrogen-bond acceptors (Lipinski definition) is 18. The number of pyridine rings is 1. The Kier molecular flexibility index (Phi) is 17.4. The van der Waals surface area contributed by atoms with Gasteiger partial charge in [-0.05, 0) is 83.9 Å². The zero-order valence-corrected chi connectivity index (χ0v) is 51.4. The average molecular weight is 1230 g/mol. The number of methoxy groups -OCH3 is 1. The number of rotatable bonds is 10. The number of halogens is 2. The van der Waals surface area contributed by atoms with Crippen molar-refractivity contribution in [2.24, 2.45) is 34.7 Å². The van der Waals surface area contributed by atoms with Crippen molar-refractivity contribution in [3.05, 3.63) is 91.7 Å². The van der Waals surface area contributed by atoms with Crippen molar-refractivity contribution in [2.45, 2.75) is 148 Å². The van der Waals surface area contributed by atoms with Gasteiger partial charge in [-0.25, -0.2) is 9.18 Å². The Morgan fingerprint density at radius 1 is 0.931 bits per heavy atom. The monoisotopic (exact) mass is 1220 g/mol. The number of hydrazone groups is 1. The Labute approximate surface area is 508 Å². The number of carboxylic acid groups (broad SMARTS) is 1. The van der Waals surface area contributed by atoms with E-state index in [4.69, 9.17) is 35.6 Å². The fourth-order valence-corrected chi connectivity index (χ4v) is 14.2. The van der Waals surface area contributed by atoms with Gasteiger partial charge in [0, 0.05) is 111 Å². The van der Waals surface area contributed by atoms with Crippen LogP contribution in [0.1, 0.15) is 131 Å². The summed E-state index contributed by atoms with van der Waals surface area (Å²) in [6.07, 6.45) is 11.5. The summed E-state index contributed by atoms with van der Waals surface area (Å²) in [6.45, 7) is 14.4. The molecule has 23 heteroatoms. The summed E-state index contributed by atoms with van der Waals surface area (Å²) in [4.78, 5) is 71.2. The molecule has 5 bridgehead atoms. The molecule has 10 atom stereocenters. The number of allylic oxidation sites excluding steroid dienone is 2. The van der Waals surface area contributed by atoms with E-state index in [1.807, 2.05) is 4.90 Å². The number of aromatic carboxylic acids is 1. The van der Waals surface area contributed by atoms with Crippen molar-refractivity contribution in [3.8, 4) is 23.0 Å². The van der Waals surface area contributed by atoms with Crippen LogP contribution < -0.4 is 20.4 Å². The van der Waals surface area contributed by atoms with E-state index in [2.05, 4.69) is 17.3 Å². The topological polar surface area (TPSA) is 283 Å². The van der Waals surface area contributed by atoms with E-state index < -0.39 is 112 Å². The van der Waals surface area contributed by atoms with E-state index in [1.54, 1.807) is 49.4 Å². The number of benzene rings is 3. The molecule has 1 unspecified atom stereocenters. The Hall–Kier alpha value is -7.24. The molecule has 87 heavy (non-hydrogen) atoms. The zero-order chi connectivity index (χ0) is 63.0. The highest BCUT2D eigenvalue weighted by molar-refractivity contribution is 6.38. The number of carbonyl (C=O) groups is 4. The van der Waals surface area contributed by atoms with Gasteiger partial charge in [0.15, 0.2) is 5.75 Å². The van der Waals surface area contributed by atoms with E-state index in [-0.39, 0.29) is 84.1 Å². The number of ether oxygens (including phenoxy) is 4. The summed E-state index contributed by atoms with van der Waals surface area (Å²) in [6, 6.07) is 1.21. The van der Waals surface area contributed by atoms with Gasteiger partial charge >= 0.3 is 17.7 Å². The number of piperidine rings is 1. The largest absolute Gasteiger partial charge is 0.507 e. The number of aliphatic hydroxyl groups excluding tert-OH is 2. The van der Waals surface area contributed by atoms with E-state index in [0.717, 1.165) is 38.2 Å². The highest BCUT2D eigenvalue weighted by Crippen LogP contribution is 2.56. The number of nitrogens with zero attached hydrogens (tertiary/aromatic N) is 5. The molecule has 7 N–H and O–H groups in total. The smallest absolute Gasteiger partial charge is 0.341 e. The SMILES string of the molecule is CO[C@H]1C=CO[C@@]2(C)Oc3c(C)c(O)c4c(O)c(c(C=NN5CCC(N(C)C6(C7CCN(c8c(F)cc9c(=O)c(C(=O)O)cn(C%10CC%10)c9c8Cl)C7)CC6)CC5)c(O)c4c3C2=O)NC(=O)C(C)=CC=C[C@H](C)[C@H](O)[C@@H](C)[C@@H](O)[C@@H](C)[C@H](OC(C)=O)[C@@H]1C. The van der Waals surface area contributed by atoms with Crippen LogP contribution in [0.15, 0.2) is 58.3 Å². The summed E-state index contributed by atoms with van der Waals surface area (Å²) in [5.74, 6) is -10.8. The molecule has 4 fully saturated rings. The number of fused-ring (bicyclic) bond motifs is 15. The second-order valence-electron chi connectivity index (χ2n) is 24.9. The van der Waals surface area contributed by atoms with Gasteiger partial charge in [-0.2, -0.15) is 5.10 Å². The Bertz CT molecular complexity index is 3640. The molecule has 7 aliphatic rings. The van der Waals surface area contributed by atoms with Crippen molar-refractivity contribution in [1.82, 2.24) is 14.5 Å². The number of nitrogens with one attached hydrogen (secondary N) is 1. The first-order valence-electron chi connectivity index (χ1n) is 29.8. The molecule has 11 rings (SSSR count). The number of amides is 1. The maximum absolute atomic E-state index is 16.2. The second kappa shape index (κ2) is 24.0. The predicted octanol–water partition coefficient (Wildman–Crippen LogP) is 8.68. The first-order chi connectivity index (χ1) is 41.2. The van der Waals surface area contributed by atoms with Crippen LogP contribution in [0, 0.1) is 42.3 Å². The number of esters is 1. The van der Waals surface area contributed by atoms with E-state index in [0.29, 0.717) is 44.5 Å². The van der Waals surface area contributed by atoms with Crippen molar-refractivity contribution in [1.29, 1.82) is 0 Å². The molecule has 2 aliphatic carbocycles. The van der Waals surface area contributed by atoms with Gasteiger partial charge in [0.25, 0.3) is 11.7 Å². The maximum Gasteiger partial charge on any atom is 0.341 e. The lowest BCUT2D eigenvalue weighted by Crippen LogP contribution is -2.50. The molecule has 2 saturated heterocycles. The number of carboxylic acids is 1. The van der Waals surface area contributed by atoms with Crippen molar-refractivity contribution in [2.75, 3.05) is 50.6 Å². The van der Waals surface area contributed by atoms with Crippen LogP contribution in [0.3, 0.4) is 0 Å². The highest BCUT2D eigenvalue weighted by atomic mass is 35.5. The Morgan fingerprint density at radius 3 is 2.25 bits per heavy atom. The summed E-state index contributed by atoms with van der Waals surface area (Å²) in [5, 5.41) is 78.4. The van der Waals surface area contributed by atoms with Crippen molar-refractivity contribution >= 4 is 74.5 Å². The standard InChI is InChI=1S/C64H78ClFN6O15/c1-30-12-11-13-31(2)61(81)68-49-41(56(78)45-46(57(49)79)54(76)35(6)59-47(45)60(80)63(8,87-59)85-25-19-44(84-10)32(3)58(86-36(7)73)34(5)53(75)33(4)52(30)74)27-67-71-23-17-38(18-24-71)69(9)64(20-21-64)37-16-22-70(28-37)51-43(66)26-40-50(48(51)65)72(39-14-15-39)29-42(55(40)77)62(82)83/h11-13,19,25-27,29-30,32-34,37-39,44,52-53,58,74-76,78-79H,14-18,20-24,28H2,1-10H3,(H,68,81)(H,82,83)/t30-,32+,33+,34+,37?,44-,52-,53+,58+,63-/m0/s1. The number of aromatic hydroxyl groups is 3. The van der Waals surface area contributed by atoms with Crippen molar-refractivity contribution < 1.29 is 73.2 Å². The zero-order valence-electron chi connectivity index (χ0n) is 50.6. The number of phenols is 3. The molecule has 6 heterocycles. The number of aromatic nitrogens is 1. The van der Waals surface area contributed by atoms with Gasteiger partial charge in [-0.15, -0.1) is 0 Å². The fraction of sp³-hybridized carbons (Fsp3) is 0.531. The normalized spacial score (nSPS) is 28.2.